The molecule has 0 radical (unpaired) electrons. The molecule has 2 aromatic carbocycles. The average molecular weight is 269 g/mol. The summed E-state index contributed by atoms with van der Waals surface area (Å²) in [7, 11) is 0. The Balaban J connectivity index is 2.10. The SMILES string of the molecule is CC(C)C(CNc1ccccc1CO)c1ccccc1. The van der Waals surface area contributed by atoms with Gasteiger partial charge in [0.1, 0.15) is 0 Å². The third-order valence-electron chi connectivity index (χ3n) is 3.73. The second-order valence-corrected chi connectivity index (χ2v) is 5.46. The fraction of sp³-hybridized carbons (Fsp3) is 0.333. The number of aliphatic hydroxyl groups excluding tert-OH is 1. The Morgan fingerprint density at radius 1 is 0.950 bits per heavy atom. The molecule has 0 aliphatic heterocycles. The molecule has 0 saturated carbocycles. The molecule has 2 rings (SSSR count). The van der Waals surface area contributed by atoms with Crippen LogP contribution in [0.4, 0.5) is 5.69 Å². The molecule has 2 nitrogen and oxygen atoms in total. The maximum Gasteiger partial charge on any atom is 0.0701 e. The second-order valence-electron chi connectivity index (χ2n) is 5.46. The van der Waals surface area contributed by atoms with Crippen LogP contribution in [0.15, 0.2) is 54.6 Å². The number of nitrogens with one attached hydrogen (secondary N) is 1. The normalized spacial score (nSPS) is 12.4. The lowest BCUT2D eigenvalue weighted by Crippen LogP contribution is -2.18. The number of benzene rings is 2. The van der Waals surface area contributed by atoms with E-state index in [2.05, 4.69) is 49.5 Å². The lowest BCUT2D eigenvalue weighted by molar-refractivity contribution is 0.282. The molecule has 0 saturated heterocycles. The molecule has 0 fully saturated rings. The highest BCUT2D eigenvalue weighted by molar-refractivity contribution is 5.51. The van der Waals surface area contributed by atoms with Crippen molar-refractivity contribution in [3.05, 3.63) is 65.7 Å². The minimum absolute atomic E-state index is 0.0703. The molecule has 2 heteroatoms. The number of anilines is 1. The van der Waals surface area contributed by atoms with E-state index in [9.17, 15) is 5.11 Å². The highest BCUT2D eigenvalue weighted by Crippen LogP contribution is 2.25. The molecule has 0 amide bonds. The largest absolute Gasteiger partial charge is 0.392 e. The first-order chi connectivity index (χ1) is 9.72. The van der Waals surface area contributed by atoms with Gasteiger partial charge in [-0.15, -0.1) is 0 Å². The number of hydrogen-bond acceptors (Lipinski definition) is 2. The molecule has 106 valence electrons. The summed E-state index contributed by atoms with van der Waals surface area (Å²) in [5, 5.41) is 12.9. The Bertz CT molecular complexity index is 522. The molecule has 0 heterocycles. The second kappa shape index (κ2) is 7.11. The van der Waals surface area contributed by atoms with Crippen molar-refractivity contribution in [2.75, 3.05) is 11.9 Å². The lowest BCUT2D eigenvalue weighted by atomic mass is 9.88. The van der Waals surface area contributed by atoms with Gasteiger partial charge in [0.2, 0.25) is 0 Å². The van der Waals surface area contributed by atoms with E-state index in [4.69, 9.17) is 0 Å². The van der Waals surface area contributed by atoms with Crippen LogP contribution in [0.25, 0.3) is 0 Å². The van der Waals surface area contributed by atoms with Crippen LogP contribution in [0.5, 0.6) is 0 Å². The van der Waals surface area contributed by atoms with E-state index in [0.717, 1.165) is 17.8 Å². The van der Waals surface area contributed by atoms with Gasteiger partial charge < -0.3 is 10.4 Å². The molecular weight excluding hydrogens is 246 g/mol. The molecule has 1 unspecified atom stereocenters. The molecule has 1 atom stereocenters. The van der Waals surface area contributed by atoms with Gasteiger partial charge in [-0.25, -0.2) is 0 Å². The molecule has 0 aliphatic rings. The number of para-hydroxylation sites is 1. The minimum Gasteiger partial charge on any atom is -0.392 e. The average Bonchev–Trinajstić information content (AvgIpc) is 2.48. The van der Waals surface area contributed by atoms with Crippen LogP contribution < -0.4 is 5.32 Å². The number of aliphatic hydroxyl groups is 1. The third kappa shape index (κ3) is 3.61. The predicted molar refractivity (Wildman–Crippen MR) is 84.9 cm³/mol. The van der Waals surface area contributed by atoms with Crippen molar-refractivity contribution in [3.63, 3.8) is 0 Å². The van der Waals surface area contributed by atoms with E-state index in [1.165, 1.54) is 5.56 Å². The van der Waals surface area contributed by atoms with Crippen LogP contribution in [-0.2, 0) is 6.61 Å². The van der Waals surface area contributed by atoms with Gasteiger partial charge in [0.25, 0.3) is 0 Å². The van der Waals surface area contributed by atoms with Crippen molar-refractivity contribution in [1.82, 2.24) is 0 Å². The number of hydrogen-bond donors (Lipinski definition) is 2. The van der Waals surface area contributed by atoms with E-state index in [1.807, 2.05) is 24.3 Å². The summed E-state index contributed by atoms with van der Waals surface area (Å²) < 4.78 is 0. The maximum absolute atomic E-state index is 9.37. The van der Waals surface area contributed by atoms with E-state index >= 15 is 0 Å². The van der Waals surface area contributed by atoms with Gasteiger partial charge in [0.05, 0.1) is 6.61 Å². The molecule has 0 aromatic heterocycles. The first-order valence-electron chi connectivity index (χ1n) is 7.20. The van der Waals surface area contributed by atoms with Crippen LogP contribution in [0.2, 0.25) is 0 Å². The van der Waals surface area contributed by atoms with E-state index in [-0.39, 0.29) is 6.61 Å². The molecule has 2 N–H and O–H groups in total. The van der Waals surface area contributed by atoms with Crippen LogP contribution in [-0.4, -0.2) is 11.7 Å². The Hall–Kier alpha value is -1.80. The van der Waals surface area contributed by atoms with Gasteiger partial charge in [-0.05, 0) is 17.5 Å². The van der Waals surface area contributed by atoms with Crippen molar-refractivity contribution in [3.8, 4) is 0 Å². The summed E-state index contributed by atoms with van der Waals surface area (Å²) in [6.45, 7) is 5.44. The smallest absolute Gasteiger partial charge is 0.0701 e. The lowest BCUT2D eigenvalue weighted by Gasteiger charge is -2.23. The Morgan fingerprint density at radius 2 is 1.60 bits per heavy atom. The van der Waals surface area contributed by atoms with Gasteiger partial charge in [0.15, 0.2) is 0 Å². The van der Waals surface area contributed by atoms with Gasteiger partial charge in [-0.1, -0.05) is 62.4 Å². The van der Waals surface area contributed by atoms with Crippen molar-refractivity contribution in [2.45, 2.75) is 26.4 Å². The molecule has 0 spiro atoms. The monoisotopic (exact) mass is 269 g/mol. The van der Waals surface area contributed by atoms with Crippen molar-refractivity contribution in [1.29, 1.82) is 0 Å². The Labute approximate surface area is 121 Å². The van der Waals surface area contributed by atoms with E-state index in [1.54, 1.807) is 0 Å². The van der Waals surface area contributed by atoms with Gasteiger partial charge in [-0.2, -0.15) is 0 Å². The zero-order chi connectivity index (χ0) is 14.4. The molecule has 0 aliphatic carbocycles. The molecular formula is C18H23NO. The highest BCUT2D eigenvalue weighted by Gasteiger charge is 2.15. The Kier molecular flexibility index (Phi) is 5.19. The minimum atomic E-state index is 0.0703. The van der Waals surface area contributed by atoms with Gasteiger partial charge >= 0.3 is 0 Å². The topological polar surface area (TPSA) is 32.3 Å². The summed E-state index contributed by atoms with van der Waals surface area (Å²) in [5.41, 5.74) is 3.33. The highest BCUT2D eigenvalue weighted by atomic mass is 16.3. The zero-order valence-corrected chi connectivity index (χ0v) is 12.2. The van der Waals surface area contributed by atoms with E-state index in [0.29, 0.717) is 11.8 Å². The third-order valence-corrected chi connectivity index (χ3v) is 3.73. The van der Waals surface area contributed by atoms with Gasteiger partial charge in [0, 0.05) is 23.7 Å². The van der Waals surface area contributed by atoms with Crippen molar-refractivity contribution >= 4 is 5.69 Å². The van der Waals surface area contributed by atoms with Gasteiger partial charge in [-0.3, -0.25) is 0 Å². The number of rotatable bonds is 6. The van der Waals surface area contributed by atoms with Crippen LogP contribution in [0.1, 0.15) is 30.9 Å². The quantitative estimate of drug-likeness (QED) is 0.830. The summed E-state index contributed by atoms with van der Waals surface area (Å²) >= 11 is 0. The first kappa shape index (κ1) is 14.6. The molecule has 2 aromatic rings. The summed E-state index contributed by atoms with van der Waals surface area (Å²) in [6.07, 6.45) is 0. The summed E-state index contributed by atoms with van der Waals surface area (Å²) in [6, 6.07) is 18.5. The van der Waals surface area contributed by atoms with E-state index < -0.39 is 0 Å². The fourth-order valence-corrected chi connectivity index (χ4v) is 2.49. The molecule has 0 bridgehead atoms. The van der Waals surface area contributed by atoms with Crippen LogP contribution >= 0.6 is 0 Å². The first-order valence-corrected chi connectivity index (χ1v) is 7.20. The summed E-state index contributed by atoms with van der Waals surface area (Å²) in [4.78, 5) is 0. The standard InChI is InChI=1S/C18H23NO/c1-14(2)17(15-8-4-3-5-9-15)12-19-18-11-7-6-10-16(18)13-20/h3-11,14,17,19-20H,12-13H2,1-2H3. The summed E-state index contributed by atoms with van der Waals surface area (Å²) in [5.74, 6) is 1.02. The zero-order valence-electron chi connectivity index (χ0n) is 12.2. The van der Waals surface area contributed by atoms with Crippen LogP contribution in [0.3, 0.4) is 0 Å². The fourth-order valence-electron chi connectivity index (χ4n) is 2.49. The molecule has 20 heavy (non-hydrogen) atoms. The predicted octanol–water partition coefficient (Wildman–Crippen LogP) is 4.03. The van der Waals surface area contributed by atoms with Crippen molar-refractivity contribution < 1.29 is 5.11 Å². The maximum atomic E-state index is 9.37. The van der Waals surface area contributed by atoms with Crippen molar-refractivity contribution in [2.24, 2.45) is 5.92 Å². The Morgan fingerprint density at radius 3 is 2.25 bits per heavy atom. The van der Waals surface area contributed by atoms with Crippen LogP contribution in [0, 0.1) is 5.92 Å².